The Hall–Kier alpha value is -2.38. The highest BCUT2D eigenvalue weighted by Crippen LogP contribution is 2.31. The van der Waals surface area contributed by atoms with Crippen LogP contribution in [0.25, 0.3) is 5.69 Å². The topological polar surface area (TPSA) is 83.7 Å². The minimum Gasteiger partial charge on any atom is -0.396 e. The Kier molecular flexibility index (Phi) is 6.84. The zero-order chi connectivity index (χ0) is 19.0. The second kappa shape index (κ2) is 9.53. The molecule has 0 bridgehead atoms. The maximum absolute atomic E-state index is 9.33. The summed E-state index contributed by atoms with van der Waals surface area (Å²) < 4.78 is 7.39. The highest BCUT2D eigenvalue weighted by molar-refractivity contribution is 5.79. The van der Waals surface area contributed by atoms with Crippen molar-refractivity contribution in [2.45, 2.75) is 19.3 Å². The summed E-state index contributed by atoms with van der Waals surface area (Å²) >= 11 is 0. The summed E-state index contributed by atoms with van der Waals surface area (Å²) in [5.41, 5.74) is 2.33. The molecule has 1 unspecified atom stereocenters. The molecule has 7 heteroatoms. The van der Waals surface area contributed by atoms with Crippen molar-refractivity contribution in [1.29, 1.82) is 0 Å². The van der Waals surface area contributed by atoms with Crippen LogP contribution in [0.3, 0.4) is 0 Å². The first-order valence-corrected chi connectivity index (χ1v) is 9.47. The molecule has 1 saturated heterocycles. The van der Waals surface area contributed by atoms with Crippen molar-refractivity contribution in [2.24, 2.45) is 10.4 Å². The lowest BCUT2D eigenvalue weighted by atomic mass is 9.84. The molecule has 1 fully saturated rings. The van der Waals surface area contributed by atoms with Gasteiger partial charge in [-0.3, -0.25) is 4.99 Å². The number of nitrogens with one attached hydrogen (secondary N) is 2. The Morgan fingerprint density at radius 2 is 2.19 bits per heavy atom. The molecule has 3 N–H and O–H groups in total. The molecule has 146 valence electrons. The zero-order valence-corrected chi connectivity index (χ0v) is 15.9. The molecule has 1 aromatic carbocycles. The van der Waals surface area contributed by atoms with Crippen molar-refractivity contribution >= 4 is 5.96 Å². The smallest absolute Gasteiger partial charge is 0.191 e. The van der Waals surface area contributed by atoms with Crippen molar-refractivity contribution < 1.29 is 9.84 Å². The van der Waals surface area contributed by atoms with Crippen LogP contribution in [0.15, 0.2) is 47.7 Å². The number of aliphatic hydroxyl groups is 1. The number of hydrogen-bond donors (Lipinski definition) is 3. The summed E-state index contributed by atoms with van der Waals surface area (Å²) in [4.78, 5) is 4.30. The Labute approximate surface area is 160 Å². The standard InChI is InChI=1S/C20H29N5O2/c1-21-19(23-15-20(8-13-26)9-14-27-16-20)22-11-7-17-3-5-18(6-4-17)25-12-2-10-24-25/h2-6,10,12,26H,7-9,11,13-16H2,1H3,(H2,21,22,23). The fraction of sp³-hybridized carbons (Fsp3) is 0.500. The molecule has 0 amide bonds. The third-order valence-electron chi connectivity index (χ3n) is 5.09. The largest absolute Gasteiger partial charge is 0.396 e. The molecule has 2 aromatic rings. The molecule has 0 saturated carbocycles. The first kappa shape index (κ1) is 19.4. The van der Waals surface area contributed by atoms with Crippen molar-refractivity contribution in [2.75, 3.05) is 40.0 Å². The first-order chi connectivity index (χ1) is 13.2. The molecule has 1 aliphatic heterocycles. The third kappa shape index (κ3) is 5.30. The second-order valence-corrected chi connectivity index (χ2v) is 7.00. The summed E-state index contributed by atoms with van der Waals surface area (Å²) in [6, 6.07) is 10.3. The Morgan fingerprint density at radius 1 is 1.33 bits per heavy atom. The molecule has 2 heterocycles. The summed E-state index contributed by atoms with van der Waals surface area (Å²) in [7, 11) is 1.78. The lowest BCUT2D eigenvalue weighted by Gasteiger charge is -2.27. The Morgan fingerprint density at radius 3 is 2.81 bits per heavy atom. The lowest BCUT2D eigenvalue weighted by molar-refractivity contribution is 0.127. The molecule has 27 heavy (non-hydrogen) atoms. The third-order valence-corrected chi connectivity index (χ3v) is 5.09. The van der Waals surface area contributed by atoms with E-state index in [2.05, 4.69) is 45.0 Å². The number of nitrogens with zero attached hydrogens (tertiary/aromatic N) is 3. The summed E-state index contributed by atoms with van der Waals surface area (Å²) in [6.07, 6.45) is 6.34. The fourth-order valence-corrected chi connectivity index (χ4v) is 3.37. The number of aliphatic imine (C=N–C) groups is 1. The molecule has 0 spiro atoms. The highest BCUT2D eigenvalue weighted by atomic mass is 16.5. The van der Waals surface area contributed by atoms with Crippen molar-refractivity contribution in [1.82, 2.24) is 20.4 Å². The van der Waals surface area contributed by atoms with Crippen LogP contribution < -0.4 is 10.6 Å². The maximum atomic E-state index is 9.33. The van der Waals surface area contributed by atoms with E-state index in [1.165, 1.54) is 5.56 Å². The van der Waals surface area contributed by atoms with E-state index in [-0.39, 0.29) is 12.0 Å². The highest BCUT2D eigenvalue weighted by Gasteiger charge is 2.34. The first-order valence-electron chi connectivity index (χ1n) is 9.47. The molecule has 1 aromatic heterocycles. The average molecular weight is 371 g/mol. The van der Waals surface area contributed by atoms with E-state index in [0.717, 1.165) is 50.6 Å². The van der Waals surface area contributed by atoms with Crippen LogP contribution in [0.2, 0.25) is 0 Å². The van der Waals surface area contributed by atoms with Gasteiger partial charge in [-0.25, -0.2) is 4.68 Å². The normalized spacial score (nSPS) is 20.0. The average Bonchev–Trinajstić information content (AvgIpc) is 3.38. The molecular formula is C20H29N5O2. The number of benzene rings is 1. The number of rotatable bonds is 8. The monoisotopic (exact) mass is 371 g/mol. The van der Waals surface area contributed by atoms with E-state index < -0.39 is 0 Å². The van der Waals surface area contributed by atoms with E-state index in [9.17, 15) is 5.11 Å². The number of hydrogen-bond acceptors (Lipinski definition) is 4. The van der Waals surface area contributed by atoms with Crippen LogP contribution in [0.4, 0.5) is 0 Å². The quantitative estimate of drug-likeness (QED) is 0.482. The van der Waals surface area contributed by atoms with Crippen molar-refractivity contribution in [3.05, 3.63) is 48.3 Å². The summed E-state index contributed by atoms with van der Waals surface area (Å²) in [5, 5.41) is 20.3. The zero-order valence-electron chi connectivity index (χ0n) is 15.9. The maximum Gasteiger partial charge on any atom is 0.191 e. The van der Waals surface area contributed by atoms with Crippen LogP contribution in [-0.2, 0) is 11.2 Å². The van der Waals surface area contributed by atoms with Crippen LogP contribution in [0.1, 0.15) is 18.4 Å². The molecule has 0 aliphatic carbocycles. The van der Waals surface area contributed by atoms with Gasteiger partial charge in [-0.2, -0.15) is 5.10 Å². The van der Waals surface area contributed by atoms with Crippen LogP contribution in [0, 0.1) is 5.41 Å². The van der Waals surface area contributed by atoms with E-state index in [1.807, 2.05) is 16.9 Å². The van der Waals surface area contributed by atoms with Gasteiger partial charge < -0.3 is 20.5 Å². The second-order valence-electron chi connectivity index (χ2n) is 7.00. The number of aromatic nitrogens is 2. The van der Waals surface area contributed by atoms with Gasteiger partial charge in [0.15, 0.2) is 5.96 Å². The minimum absolute atomic E-state index is 0.00863. The van der Waals surface area contributed by atoms with E-state index in [4.69, 9.17) is 4.74 Å². The van der Waals surface area contributed by atoms with Crippen molar-refractivity contribution in [3.8, 4) is 5.69 Å². The Bertz CT molecular complexity index is 706. The minimum atomic E-state index is 0.00863. The molecule has 3 rings (SSSR count). The fourth-order valence-electron chi connectivity index (χ4n) is 3.37. The van der Waals surface area contributed by atoms with E-state index in [0.29, 0.717) is 6.61 Å². The van der Waals surface area contributed by atoms with Gasteiger partial charge in [-0.05, 0) is 43.0 Å². The van der Waals surface area contributed by atoms with Crippen LogP contribution in [-0.4, -0.2) is 60.8 Å². The van der Waals surface area contributed by atoms with Gasteiger partial charge in [-0.1, -0.05) is 12.1 Å². The lowest BCUT2D eigenvalue weighted by Crippen LogP contribution is -2.45. The number of aliphatic hydroxyl groups excluding tert-OH is 1. The SMILES string of the molecule is CN=C(NCCc1ccc(-n2cccn2)cc1)NCC1(CCO)CCOC1. The molecule has 0 radical (unpaired) electrons. The van der Waals surface area contributed by atoms with Gasteiger partial charge in [0.1, 0.15) is 0 Å². The van der Waals surface area contributed by atoms with Gasteiger partial charge in [0.25, 0.3) is 0 Å². The molecular weight excluding hydrogens is 342 g/mol. The summed E-state index contributed by atoms with van der Waals surface area (Å²) in [6.45, 7) is 3.20. The van der Waals surface area contributed by atoms with Gasteiger partial charge in [0, 0.05) is 51.2 Å². The van der Waals surface area contributed by atoms with Gasteiger partial charge >= 0.3 is 0 Å². The van der Waals surface area contributed by atoms with E-state index in [1.54, 1.807) is 13.2 Å². The Balaban J connectivity index is 1.44. The predicted octanol–water partition coefficient (Wildman–Crippen LogP) is 1.37. The summed E-state index contributed by atoms with van der Waals surface area (Å²) in [5.74, 6) is 0.785. The van der Waals surface area contributed by atoms with Gasteiger partial charge in [0.05, 0.1) is 12.3 Å². The van der Waals surface area contributed by atoms with Gasteiger partial charge in [-0.15, -0.1) is 0 Å². The van der Waals surface area contributed by atoms with Crippen LogP contribution >= 0.6 is 0 Å². The van der Waals surface area contributed by atoms with Gasteiger partial charge in [0.2, 0.25) is 0 Å². The molecule has 1 atom stereocenters. The van der Waals surface area contributed by atoms with E-state index >= 15 is 0 Å². The number of ether oxygens (including phenoxy) is 1. The van der Waals surface area contributed by atoms with Crippen molar-refractivity contribution in [3.63, 3.8) is 0 Å². The molecule has 1 aliphatic rings. The number of guanidine groups is 1. The van der Waals surface area contributed by atoms with Crippen LogP contribution in [0.5, 0.6) is 0 Å². The molecule has 7 nitrogen and oxygen atoms in total. The predicted molar refractivity (Wildman–Crippen MR) is 106 cm³/mol.